The van der Waals surface area contributed by atoms with Crippen molar-refractivity contribution >= 4 is 32.7 Å². The number of nitrogens with two attached hydrogens (primary N) is 1. The standard InChI is InChI=1S/C13H11BrN4O/c1-18-7-17-12-9(18)5-6-16-13(12)19-10-4-2-3-8(15)11(10)14/h2-7H,15H2,1H3. The lowest BCUT2D eigenvalue weighted by atomic mass is 10.3. The van der Waals surface area contributed by atoms with Crippen LogP contribution in [0.15, 0.2) is 41.3 Å². The van der Waals surface area contributed by atoms with E-state index in [9.17, 15) is 0 Å². The minimum absolute atomic E-state index is 0.462. The number of pyridine rings is 1. The van der Waals surface area contributed by atoms with Crippen LogP contribution in [-0.2, 0) is 7.05 Å². The number of ether oxygens (including phenoxy) is 1. The Bertz CT molecular complexity index is 753. The molecule has 0 aliphatic heterocycles. The van der Waals surface area contributed by atoms with Crippen molar-refractivity contribution in [1.29, 1.82) is 0 Å². The number of hydrogen-bond donors (Lipinski definition) is 1. The van der Waals surface area contributed by atoms with E-state index >= 15 is 0 Å². The number of aryl methyl sites for hydroxylation is 1. The molecular formula is C13H11BrN4O. The number of anilines is 1. The lowest BCUT2D eigenvalue weighted by Gasteiger charge is -2.08. The van der Waals surface area contributed by atoms with E-state index < -0.39 is 0 Å². The van der Waals surface area contributed by atoms with Crippen LogP contribution in [0.4, 0.5) is 5.69 Å². The second-order valence-electron chi connectivity index (χ2n) is 4.10. The zero-order valence-electron chi connectivity index (χ0n) is 10.2. The van der Waals surface area contributed by atoms with Crippen molar-refractivity contribution in [2.45, 2.75) is 0 Å². The van der Waals surface area contributed by atoms with Crippen LogP contribution in [-0.4, -0.2) is 14.5 Å². The van der Waals surface area contributed by atoms with Crippen LogP contribution in [0, 0.1) is 0 Å². The quantitative estimate of drug-likeness (QED) is 0.737. The van der Waals surface area contributed by atoms with Gasteiger partial charge in [0, 0.05) is 18.9 Å². The van der Waals surface area contributed by atoms with E-state index in [1.807, 2.05) is 29.8 Å². The highest BCUT2D eigenvalue weighted by molar-refractivity contribution is 9.10. The highest BCUT2D eigenvalue weighted by Crippen LogP contribution is 2.34. The summed E-state index contributed by atoms with van der Waals surface area (Å²) in [6.07, 6.45) is 3.42. The molecule has 3 rings (SSSR count). The summed E-state index contributed by atoms with van der Waals surface area (Å²) in [5.41, 5.74) is 8.12. The molecule has 0 saturated heterocycles. The average molecular weight is 319 g/mol. The first kappa shape index (κ1) is 12.0. The number of hydrogen-bond acceptors (Lipinski definition) is 4. The Morgan fingerprint density at radius 3 is 2.95 bits per heavy atom. The molecule has 1 aromatic carbocycles. The van der Waals surface area contributed by atoms with E-state index in [4.69, 9.17) is 10.5 Å². The van der Waals surface area contributed by atoms with Gasteiger partial charge in [0.05, 0.1) is 16.3 Å². The molecule has 0 amide bonds. The molecule has 2 N–H and O–H groups in total. The molecule has 2 heterocycles. The van der Waals surface area contributed by atoms with Gasteiger partial charge in [-0.3, -0.25) is 0 Å². The van der Waals surface area contributed by atoms with Crippen molar-refractivity contribution in [1.82, 2.24) is 14.5 Å². The second kappa shape index (κ2) is 4.55. The molecular weight excluding hydrogens is 308 g/mol. The maximum Gasteiger partial charge on any atom is 0.247 e. The monoisotopic (exact) mass is 318 g/mol. The third-order valence-corrected chi connectivity index (χ3v) is 3.66. The normalized spacial score (nSPS) is 10.8. The van der Waals surface area contributed by atoms with Crippen molar-refractivity contribution in [2.75, 3.05) is 5.73 Å². The lowest BCUT2D eigenvalue weighted by Crippen LogP contribution is -1.93. The van der Waals surface area contributed by atoms with Gasteiger partial charge in [0.15, 0.2) is 5.52 Å². The van der Waals surface area contributed by atoms with Crippen molar-refractivity contribution < 1.29 is 4.74 Å². The van der Waals surface area contributed by atoms with Crippen molar-refractivity contribution in [3.8, 4) is 11.6 Å². The number of aromatic nitrogens is 3. The predicted molar refractivity (Wildman–Crippen MR) is 77.1 cm³/mol. The number of fused-ring (bicyclic) bond motifs is 1. The molecule has 0 aliphatic rings. The van der Waals surface area contributed by atoms with Crippen molar-refractivity contribution in [2.24, 2.45) is 7.05 Å². The number of benzene rings is 1. The van der Waals surface area contributed by atoms with Crippen LogP contribution in [0.3, 0.4) is 0 Å². The topological polar surface area (TPSA) is 66.0 Å². The molecule has 3 aromatic rings. The zero-order valence-corrected chi connectivity index (χ0v) is 11.8. The van der Waals surface area contributed by atoms with Gasteiger partial charge < -0.3 is 15.0 Å². The Kier molecular flexibility index (Phi) is 2.87. The first-order valence-corrected chi connectivity index (χ1v) is 6.44. The Morgan fingerprint density at radius 1 is 1.26 bits per heavy atom. The summed E-state index contributed by atoms with van der Waals surface area (Å²) >= 11 is 3.40. The fourth-order valence-corrected chi connectivity index (χ4v) is 2.17. The number of nitrogen functional groups attached to an aromatic ring is 1. The maximum absolute atomic E-state index is 5.82. The molecule has 19 heavy (non-hydrogen) atoms. The van der Waals surface area contributed by atoms with E-state index in [1.54, 1.807) is 18.6 Å². The minimum atomic E-state index is 0.462. The Balaban J connectivity index is 2.08. The molecule has 0 unspecified atom stereocenters. The Hall–Kier alpha value is -2.08. The van der Waals surface area contributed by atoms with Crippen LogP contribution in [0.5, 0.6) is 11.6 Å². The molecule has 2 aromatic heterocycles. The van der Waals surface area contributed by atoms with E-state index in [0.717, 1.165) is 11.0 Å². The molecule has 0 fully saturated rings. The molecule has 0 radical (unpaired) electrons. The number of nitrogens with zero attached hydrogens (tertiary/aromatic N) is 3. The lowest BCUT2D eigenvalue weighted by molar-refractivity contribution is 0.465. The number of imidazole rings is 1. The summed E-state index contributed by atoms with van der Waals surface area (Å²) in [5, 5.41) is 0. The molecule has 0 bridgehead atoms. The molecule has 96 valence electrons. The second-order valence-corrected chi connectivity index (χ2v) is 4.89. The van der Waals surface area contributed by atoms with Gasteiger partial charge in [-0.1, -0.05) is 6.07 Å². The van der Waals surface area contributed by atoms with Gasteiger partial charge in [-0.15, -0.1) is 0 Å². The molecule has 0 atom stereocenters. The first-order valence-electron chi connectivity index (χ1n) is 5.64. The van der Waals surface area contributed by atoms with E-state index in [1.165, 1.54) is 0 Å². The van der Waals surface area contributed by atoms with Gasteiger partial charge in [-0.05, 0) is 34.1 Å². The van der Waals surface area contributed by atoms with Crippen molar-refractivity contribution in [3.63, 3.8) is 0 Å². The Morgan fingerprint density at radius 2 is 2.11 bits per heavy atom. The number of halogens is 1. The highest BCUT2D eigenvalue weighted by atomic mass is 79.9. The third kappa shape index (κ3) is 2.04. The molecule has 0 saturated carbocycles. The van der Waals surface area contributed by atoms with Crippen LogP contribution in [0.1, 0.15) is 0 Å². The highest BCUT2D eigenvalue weighted by Gasteiger charge is 2.11. The van der Waals surface area contributed by atoms with Crippen LogP contribution < -0.4 is 10.5 Å². The van der Waals surface area contributed by atoms with E-state index in [0.29, 0.717) is 21.8 Å². The van der Waals surface area contributed by atoms with Gasteiger partial charge in [0.1, 0.15) is 5.75 Å². The van der Waals surface area contributed by atoms with Crippen molar-refractivity contribution in [3.05, 3.63) is 41.3 Å². The van der Waals surface area contributed by atoms with E-state index in [-0.39, 0.29) is 0 Å². The van der Waals surface area contributed by atoms with Gasteiger partial charge in [-0.2, -0.15) is 0 Å². The predicted octanol–water partition coefficient (Wildman–Crippen LogP) is 3.11. The molecule has 5 nitrogen and oxygen atoms in total. The van der Waals surface area contributed by atoms with Gasteiger partial charge in [0.2, 0.25) is 5.88 Å². The summed E-state index contributed by atoms with van der Waals surface area (Å²) in [6.45, 7) is 0. The fourth-order valence-electron chi connectivity index (χ4n) is 1.82. The zero-order chi connectivity index (χ0) is 13.4. The third-order valence-electron chi connectivity index (χ3n) is 2.81. The molecule has 6 heteroatoms. The van der Waals surface area contributed by atoms with Gasteiger partial charge in [0.25, 0.3) is 0 Å². The first-order chi connectivity index (χ1) is 9.16. The Labute approximate surface area is 118 Å². The summed E-state index contributed by atoms with van der Waals surface area (Å²) in [6, 6.07) is 7.34. The SMILES string of the molecule is Cn1cnc2c(Oc3cccc(N)c3Br)nccc21. The van der Waals surface area contributed by atoms with Crippen LogP contribution in [0.25, 0.3) is 11.0 Å². The van der Waals surface area contributed by atoms with Crippen LogP contribution in [0.2, 0.25) is 0 Å². The smallest absolute Gasteiger partial charge is 0.247 e. The van der Waals surface area contributed by atoms with Gasteiger partial charge in [-0.25, -0.2) is 9.97 Å². The fraction of sp³-hybridized carbons (Fsp3) is 0.0769. The average Bonchev–Trinajstić information content (AvgIpc) is 2.78. The maximum atomic E-state index is 5.82. The van der Waals surface area contributed by atoms with Crippen LogP contribution >= 0.6 is 15.9 Å². The molecule has 0 spiro atoms. The summed E-state index contributed by atoms with van der Waals surface area (Å²) in [5.74, 6) is 1.08. The largest absolute Gasteiger partial charge is 0.436 e. The van der Waals surface area contributed by atoms with Gasteiger partial charge >= 0.3 is 0 Å². The summed E-state index contributed by atoms with van der Waals surface area (Å²) in [4.78, 5) is 8.52. The molecule has 0 aliphatic carbocycles. The minimum Gasteiger partial charge on any atom is -0.436 e. The number of rotatable bonds is 2. The van der Waals surface area contributed by atoms with E-state index in [2.05, 4.69) is 25.9 Å². The summed E-state index contributed by atoms with van der Waals surface area (Å²) in [7, 11) is 1.93. The summed E-state index contributed by atoms with van der Waals surface area (Å²) < 4.78 is 8.43.